The Bertz CT molecular complexity index is 1600. The van der Waals surface area contributed by atoms with Gasteiger partial charge >= 0.3 is 0 Å². The highest BCUT2D eigenvalue weighted by molar-refractivity contribution is 6.32. The average Bonchev–Trinajstić information content (AvgIpc) is 3.45. The van der Waals surface area contributed by atoms with Gasteiger partial charge in [-0.3, -0.25) is 9.69 Å². The highest BCUT2D eigenvalue weighted by Gasteiger charge is 2.21. The number of carbonyl (C=O) groups excluding carboxylic acids is 1. The van der Waals surface area contributed by atoms with Gasteiger partial charge in [0.2, 0.25) is 5.91 Å². The molecule has 2 N–H and O–H groups in total. The van der Waals surface area contributed by atoms with E-state index in [1.165, 1.54) is 18.5 Å². The Labute approximate surface area is 249 Å². The van der Waals surface area contributed by atoms with Crippen LogP contribution in [0.25, 0.3) is 10.9 Å². The molecule has 0 unspecified atom stereocenters. The Morgan fingerprint density at radius 2 is 2.02 bits per heavy atom. The number of anilines is 3. The molecule has 0 saturated carbocycles. The molecule has 1 saturated heterocycles. The summed E-state index contributed by atoms with van der Waals surface area (Å²) in [7, 11) is 0. The third kappa shape index (κ3) is 6.98. The number of likely N-dealkylation sites (N-methyl/N-ethyl adjacent to an activating group) is 1. The van der Waals surface area contributed by atoms with Crippen LogP contribution < -0.4 is 20.1 Å². The van der Waals surface area contributed by atoms with E-state index >= 15 is 0 Å². The van der Waals surface area contributed by atoms with E-state index in [1.54, 1.807) is 42.5 Å². The molecular weight excluding hydrogens is 557 g/mol. The lowest BCUT2D eigenvalue weighted by Gasteiger charge is -2.19. The van der Waals surface area contributed by atoms with Gasteiger partial charge in [-0.15, -0.1) is 0 Å². The molecule has 42 heavy (non-hydrogen) atoms. The summed E-state index contributed by atoms with van der Waals surface area (Å²) in [6.07, 6.45) is 7.21. The second-order valence-corrected chi connectivity index (χ2v) is 10.3. The Hall–Kier alpha value is -4.21. The first-order valence-electron chi connectivity index (χ1n) is 14.0. The molecular formula is C32H33ClFN5O3. The van der Waals surface area contributed by atoms with Crippen LogP contribution in [0, 0.1) is 5.82 Å². The van der Waals surface area contributed by atoms with Crippen LogP contribution >= 0.6 is 11.6 Å². The van der Waals surface area contributed by atoms with E-state index in [1.807, 2.05) is 19.1 Å². The molecule has 0 aliphatic carbocycles. The van der Waals surface area contributed by atoms with Crippen LogP contribution in [-0.4, -0.2) is 46.5 Å². The number of halogens is 2. The van der Waals surface area contributed by atoms with E-state index in [-0.39, 0.29) is 24.4 Å². The number of hydrogen-bond donors (Lipinski definition) is 2. The van der Waals surface area contributed by atoms with Gasteiger partial charge in [-0.2, -0.15) is 0 Å². The maximum atomic E-state index is 13.5. The molecule has 1 aromatic heterocycles. The number of ether oxygens (including phenoxy) is 2. The molecule has 8 nitrogen and oxygen atoms in total. The van der Waals surface area contributed by atoms with Crippen molar-refractivity contribution < 1.29 is 18.7 Å². The summed E-state index contributed by atoms with van der Waals surface area (Å²) in [5.41, 5.74) is 2.53. The van der Waals surface area contributed by atoms with Gasteiger partial charge in [0, 0.05) is 17.8 Å². The first-order chi connectivity index (χ1) is 20.4. The van der Waals surface area contributed by atoms with E-state index in [2.05, 4.69) is 32.4 Å². The zero-order valence-corrected chi connectivity index (χ0v) is 24.3. The van der Waals surface area contributed by atoms with E-state index in [0.29, 0.717) is 56.8 Å². The highest BCUT2D eigenvalue weighted by atomic mass is 35.5. The summed E-state index contributed by atoms with van der Waals surface area (Å²) < 4.78 is 25.3. The quantitative estimate of drug-likeness (QED) is 0.180. The number of likely N-dealkylation sites (tertiary alicyclic amines) is 1. The van der Waals surface area contributed by atoms with Gasteiger partial charge in [-0.05, 0) is 80.9 Å². The van der Waals surface area contributed by atoms with Crippen molar-refractivity contribution in [3.05, 3.63) is 89.5 Å². The number of amides is 1. The third-order valence-electron chi connectivity index (χ3n) is 7.07. The molecule has 1 aliphatic rings. The molecule has 5 rings (SSSR count). The largest absolute Gasteiger partial charge is 0.491 e. The molecule has 1 atom stereocenters. The Balaban J connectivity index is 1.36. The van der Waals surface area contributed by atoms with Crippen molar-refractivity contribution in [1.82, 2.24) is 14.9 Å². The van der Waals surface area contributed by atoms with Crippen molar-refractivity contribution in [2.45, 2.75) is 39.3 Å². The van der Waals surface area contributed by atoms with Gasteiger partial charge in [0.15, 0.2) is 5.75 Å². The minimum atomic E-state index is -0.322. The van der Waals surface area contributed by atoms with Crippen molar-refractivity contribution in [2.24, 2.45) is 0 Å². The topological polar surface area (TPSA) is 88.6 Å². The minimum absolute atomic E-state index is 0.180. The summed E-state index contributed by atoms with van der Waals surface area (Å²) in [6.45, 7) is 6.58. The predicted molar refractivity (Wildman–Crippen MR) is 164 cm³/mol. The summed E-state index contributed by atoms with van der Waals surface area (Å²) in [5.74, 6) is 0.870. The zero-order chi connectivity index (χ0) is 29.5. The van der Waals surface area contributed by atoms with Crippen molar-refractivity contribution >= 4 is 45.6 Å². The lowest BCUT2D eigenvalue weighted by Crippen LogP contribution is -2.27. The van der Waals surface area contributed by atoms with Crippen molar-refractivity contribution in [2.75, 3.05) is 30.3 Å². The van der Waals surface area contributed by atoms with Crippen LogP contribution in [0.1, 0.15) is 32.3 Å². The van der Waals surface area contributed by atoms with Crippen LogP contribution in [0.2, 0.25) is 5.02 Å². The SMILES string of the molecule is CCOc1c(NC(=O)/C=C/[C@H]2CCCN2CC)ccc2ncnc(Nc3ccc(OCc4cccc(F)c4)c(Cl)c3)c12. The van der Waals surface area contributed by atoms with Crippen molar-refractivity contribution in [1.29, 1.82) is 0 Å². The van der Waals surface area contributed by atoms with Gasteiger partial charge in [0.05, 0.1) is 28.2 Å². The summed E-state index contributed by atoms with van der Waals surface area (Å²) in [4.78, 5) is 24.1. The van der Waals surface area contributed by atoms with Crippen LogP contribution in [-0.2, 0) is 11.4 Å². The number of benzene rings is 3. The number of carbonyl (C=O) groups is 1. The second kappa shape index (κ2) is 13.6. The second-order valence-electron chi connectivity index (χ2n) is 9.87. The fourth-order valence-electron chi connectivity index (χ4n) is 5.07. The standard InChI is InChI=1S/C32H33ClFN5O3/c1-3-39-16-6-9-24(39)11-15-29(40)38-27-13-12-26-30(31(27)41-4-2)32(36-20-35-26)37-23-10-14-28(25(33)18-23)42-19-21-7-5-8-22(34)17-21/h5,7-8,10-15,17-18,20,24H,3-4,6,9,16,19H2,1-2H3,(H,38,40)(H,35,36,37)/b15-11+/t24-/m1/s1. The lowest BCUT2D eigenvalue weighted by atomic mass is 10.1. The van der Waals surface area contributed by atoms with Gasteiger partial charge in [0.1, 0.15) is 30.3 Å². The van der Waals surface area contributed by atoms with Crippen LogP contribution in [0.5, 0.6) is 11.5 Å². The molecule has 1 amide bonds. The number of aromatic nitrogens is 2. The number of fused-ring (bicyclic) bond motifs is 1. The minimum Gasteiger partial charge on any atom is -0.491 e. The van der Waals surface area contributed by atoms with Crippen LogP contribution in [0.4, 0.5) is 21.6 Å². The molecule has 0 spiro atoms. The van der Waals surface area contributed by atoms with E-state index in [4.69, 9.17) is 21.1 Å². The number of nitrogens with zero attached hydrogens (tertiary/aromatic N) is 3. The molecule has 218 valence electrons. The fourth-order valence-corrected chi connectivity index (χ4v) is 5.30. The molecule has 1 aliphatic heterocycles. The number of rotatable bonds is 11. The van der Waals surface area contributed by atoms with Crippen molar-refractivity contribution in [3.63, 3.8) is 0 Å². The molecule has 4 aromatic rings. The Kier molecular flexibility index (Phi) is 9.51. The maximum Gasteiger partial charge on any atom is 0.248 e. The highest BCUT2D eigenvalue weighted by Crippen LogP contribution is 2.38. The predicted octanol–water partition coefficient (Wildman–Crippen LogP) is 7.12. The Morgan fingerprint density at radius 1 is 1.14 bits per heavy atom. The molecule has 2 heterocycles. The Morgan fingerprint density at radius 3 is 2.81 bits per heavy atom. The van der Waals surface area contributed by atoms with E-state index in [0.717, 1.165) is 25.9 Å². The summed E-state index contributed by atoms with van der Waals surface area (Å²) >= 11 is 6.52. The van der Waals surface area contributed by atoms with Crippen LogP contribution in [0.15, 0.2) is 73.1 Å². The summed E-state index contributed by atoms with van der Waals surface area (Å²) in [5, 5.41) is 7.27. The molecule has 1 fully saturated rings. The fraction of sp³-hybridized carbons (Fsp3) is 0.281. The normalized spacial score (nSPS) is 15.3. The van der Waals surface area contributed by atoms with E-state index in [9.17, 15) is 9.18 Å². The monoisotopic (exact) mass is 589 g/mol. The van der Waals surface area contributed by atoms with Gasteiger partial charge in [-0.25, -0.2) is 14.4 Å². The first-order valence-corrected chi connectivity index (χ1v) is 14.4. The lowest BCUT2D eigenvalue weighted by molar-refractivity contribution is -0.112. The summed E-state index contributed by atoms with van der Waals surface area (Å²) in [6, 6.07) is 15.4. The van der Waals surface area contributed by atoms with Gasteiger partial charge < -0.3 is 20.1 Å². The molecule has 3 aromatic carbocycles. The smallest absolute Gasteiger partial charge is 0.248 e. The molecule has 10 heteroatoms. The third-order valence-corrected chi connectivity index (χ3v) is 7.37. The average molecular weight is 590 g/mol. The molecule has 0 bridgehead atoms. The first kappa shape index (κ1) is 29.3. The zero-order valence-electron chi connectivity index (χ0n) is 23.6. The number of nitrogens with one attached hydrogen (secondary N) is 2. The van der Waals surface area contributed by atoms with Crippen molar-refractivity contribution in [3.8, 4) is 11.5 Å². The van der Waals surface area contributed by atoms with Gasteiger partial charge in [-0.1, -0.05) is 36.7 Å². The molecule has 0 radical (unpaired) electrons. The van der Waals surface area contributed by atoms with Crippen LogP contribution in [0.3, 0.4) is 0 Å². The van der Waals surface area contributed by atoms with Gasteiger partial charge in [0.25, 0.3) is 0 Å². The van der Waals surface area contributed by atoms with E-state index < -0.39 is 0 Å². The number of hydrogen-bond acceptors (Lipinski definition) is 7. The maximum absolute atomic E-state index is 13.5.